The van der Waals surface area contributed by atoms with Gasteiger partial charge in [0.25, 0.3) is 0 Å². The lowest BCUT2D eigenvalue weighted by Crippen LogP contribution is -2.46. The molecule has 2 atom stereocenters. The Morgan fingerprint density at radius 2 is 1.70 bits per heavy atom. The van der Waals surface area contributed by atoms with Gasteiger partial charge in [-0.1, -0.05) is 72.8 Å². The molecule has 5 heteroatoms. The largest absolute Gasteiger partial charge is 0.355 e. The van der Waals surface area contributed by atoms with Gasteiger partial charge >= 0.3 is 0 Å². The van der Waals surface area contributed by atoms with Crippen LogP contribution in [0.4, 0.5) is 0 Å². The smallest absolute Gasteiger partial charge is 0.237 e. The van der Waals surface area contributed by atoms with Crippen molar-refractivity contribution >= 4 is 12.0 Å². The predicted molar refractivity (Wildman–Crippen MR) is 136 cm³/mol. The lowest BCUT2D eigenvalue weighted by Gasteiger charge is -2.34. The molecule has 4 rings (SSSR count). The number of amides is 1. The Kier molecular flexibility index (Phi) is 8.70. The number of benzene rings is 2. The van der Waals surface area contributed by atoms with Gasteiger partial charge in [0.15, 0.2) is 0 Å². The van der Waals surface area contributed by atoms with Crippen molar-refractivity contribution < 1.29 is 4.79 Å². The van der Waals surface area contributed by atoms with Gasteiger partial charge in [-0.15, -0.1) is 0 Å². The minimum Gasteiger partial charge on any atom is -0.355 e. The Morgan fingerprint density at radius 1 is 1.00 bits per heavy atom. The van der Waals surface area contributed by atoms with Crippen molar-refractivity contribution in [3.8, 4) is 0 Å². The summed E-state index contributed by atoms with van der Waals surface area (Å²) in [5.74, 6) is 0.160. The third-order valence-electron chi connectivity index (χ3n) is 6.81. The second-order valence-corrected chi connectivity index (χ2v) is 9.31. The third kappa shape index (κ3) is 7.00. The van der Waals surface area contributed by atoms with E-state index in [1.54, 1.807) is 0 Å². The lowest BCUT2D eigenvalue weighted by molar-refractivity contribution is -0.125. The van der Waals surface area contributed by atoms with Crippen LogP contribution in [-0.4, -0.2) is 66.6 Å². The van der Waals surface area contributed by atoms with Crippen LogP contribution in [0, 0.1) is 0 Å². The molecule has 0 aromatic heterocycles. The number of hydrogen-bond donors (Lipinski definition) is 2. The van der Waals surface area contributed by atoms with Crippen molar-refractivity contribution in [1.29, 1.82) is 0 Å². The highest BCUT2D eigenvalue weighted by molar-refractivity contribution is 5.82. The number of piperidine rings is 1. The zero-order valence-corrected chi connectivity index (χ0v) is 19.8. The first-order valence-electron chi connectivity index (χ1n) is 12.5. The fourth-order valence-electron chi connectivity index (χ4n) is 5.11. The Labute approximate surface area is 198 Å². The molecule has 2 aliphatic rings. The van der Waals surface area contributed by atoms with E-state index < -0.39 is 0 Å². The molecule has 0 saturated carbocycles. The highest BCUT2D eigenvalue weighted by Crippen LogP contribution is 2.21. The highest BCUT2D eigenvalue weighted by Gasteiger charge is 2.37. The first-order valence-corrected chi connectivity index (χ1v) is 12.5. The van der Waals surface area contributed by atoms with Crippen molar-refractivity contribution in [2.75, 3.05) is 32.7 Å². The van der Waals surface area contributed by atoms with Crippen molar-refractivity contribution in [2.24, 2.45) is 0 Å². The number of carbonyl (C=O) groups is 1. The van der Waals surface area contributed by atoms with E-state index in [2.05, 4.69) is 87.2 Å². The minimum atomic E-state index is -0.0546. The fourth-order valence-corrected chi connectivity index (χ4v) is 5.11. The molecule has 2 saturated heterocycles. The molecular formula is C28H38N4O. The van der Waals surface area contributed by atoms with E-state index in [4.69, 9.17) is 0 Å². The summed E-state index contributed by atoms with van der Waals surface area (Å²) in [5, 5.41) is 6.93. The molecule has 5 nitrogen and oxygen atoms in total. The average molecular weight is 447 g/mol. The van der Waals surface area contributed by atoms with Crippen LogP contribution in [0.1, 0.15) is 37.3 Å². The molecule has 2 N–H and O–H groups in total. The number of likely N-dealkylation sites (tertiary alicyclic amines) is 2. The molecule has 0 spiro atoms. The molecule has 176 valence electrons. The molecule has 2 aliphatic heterocycles. The molecule has 2 fully saturated rings. The van der Waals surface area contributed by atoms with Gasteiger partial charge in [0.2, 0.25) is 5.91 Å². The van der Waals surface area contributed by atoms with Gasteiger partial charge in [-0.2, -0.15) is 0 Å². The summed E-state index contributed by atoms with van der Waals surface area (Å²) in [6.45, 7) is 7.69. The minimum absolute atomic E-state index is 0.0546. The maximum atomic E-state index is 12.7. The Hall–Kier alpha value is -2.47. The summed E-state index contributed by atoms with van der Waals surface area (Å²) < 4.78 is 0. The molecule has 1 amide bonds. The first kappa shape index (κ1) is 23.7. The fraction of sp³-hybridized carbons (Fsp3) is 0.464. The van der Waals surface area contributed by atoms with E-state index in [9.17, 15) is 4.79 Å². The molecule has 0 bridgehead atoms. The summed E-state index contributed by atoms with van der Waals surface area (Å²) in [6.07, 6.45) is 7.56. The Morgan fingerprint density at radius 3 is 2.39 bits per heavy atom. The molecule has 0 unspecified atom stereocenters. The normalized spacial score (nSPS) is 22.7. The van der Waals surface area contributed by atoms with Gasteiger partial charge < -0.3 is 10.6 Å². The molecule has 2 aromatic carbocycles. The quantitative estimate of drug-likeness (QED) is 0.619. The van der Waals surface area contributed by atoms with Gasteiger partial charge in [0.1, 0.15) is 0 Å². The maximum Gasteiger partial charge on any atom is 0.237 e. The zero-order chi connectivity index (χ0) is 22.9. The van der Waals surface area contributed by atoms with Crippen molar-refractivity contribution in [2.45, 2.75) is 50.9 Å². The van der Waals surface area contributed by atoms with Crippen molar-refractivity contribution in [3.05, 3.63) is 77.9 Å². The third-order valence-corrected chi connectivity index (χ3v) is 6.81. The summed E-state index contributed by atoms with van der Waals surface area (Å²) in [7, 11) is 0. The SMILES string of the molecule is CCNC(=O)[C@@H]1C[C@@H](NC2CCN(Cc3ccccc3)CC2)CN1C/C=C/c1ccccc1. The molecule has 33 heavy (non-hydrogen) atoms. The van der Waals surface area contributed by atoms with E-state index in [1.807, 2.05) is 13.0 Å². The standard InChI is InChI=1S/C28H38N4O/c1-2-29-28(33)27-20-26(22-32(27)17-9-14-23-10-5-3-6-11-23)30-25-15-18-31(19-16-25)21-24-12-7-4-8-13-24/h3-14,25-27,30H,2,15-22H2,1H3,(H,29,33)/b14-9+/t26-,27+/m1/s1. The number of likely N-dealkylation sites (N-methyl/N-ethyl adjacent to an activating group) is 1. The van der Waals surface area contributed by atoms with Gasteiger partial charge in [-0.3, -0.25) is 14.6 Å². The van der Waals surface area contributed by atoms with E-state index in [1.165, 1.54) is 24.0 Å². The molecule has 2 aromatic rings. The second-order valence-electron chi connectivity index (χ2n) is 9.31. The summed E-state index contributed by atoms with van der Waals surface area (Å²) in [4.78, 5) is 17.6. The Bertz CT molecular complexity index is 877. The van der Waals surface area contributed by atoms with Crippen molar-refractivity contribution in [1.82, 2.24) is 20.4 Å². The van der Waals surface area contributed by atoms with E-state index >= 15 is 0 Å². The molecule has 0 radical (unpaired) electrons. The van der Waals surface area contributed by atoms with Crippen LogP contribution in [0.25, 0.3) is 6.08 Å². The summed E-state index contributed by atoms with van der Waals surface area (Å²) >= 11 is 0. The van der Waals surface area contributed by atoms with Crippen LogP contribution in [-0.2, 0) is 11.3 Å². The average Bonchev–Trinajstić information content (AvgIpc) is 3.24. The van der Waals surface area contributed by atoms with Crippen LogP contribution in [0.2, 0.25) is 0 Å². The van der Waals surface area contributed by atoms with Crippen LogP contribution < -0.4 is 10.6 Å². The topological polar surface area (TPSA) is 47.6 Å². The number of hydrogen-bond acceptors (Lipinski definition) is 4. The monoisotopic (exact) mass is 446 g/mol. The number of nitrogens with zero attached hydrogens (tertiary/aromatic N) is 2. The number of carbonyl (C=O) groups excluding carboxylic acids is 1. The van der Waals surface area contributed by atoms with Gasteiger partial charge in [-0.25, -0.2) is 0 Å². The van der Waals surface area contributed by atoms with Gasteiger partial charge in [0.05, 0.1) is 6.04 Å². The van der Waals surface area contributed by atoms with E-state index in [0.717, 1.165) is 39.1 Å². The van der Waals surface area contributed by atoms with Crippen LogP contribution >= 0.6 is 0 Å². The zero-order valence-electron chi connectivity index (χ0n) is 19.8. The van der Waals surface area contributed by atoms with Gasteiger partial charge in [-0.05, 0) is 50.4 Å². The maximum absolute atomic E-state index is 12.7. The van der Waals surface area contributed by atoms with Crippen LogP contribution in [0.3, 0.4) is 0 Å². The first-order chi connectivity index (χ1) is 16.2. The van der Waals surface area contributed by atoms with E-state index in [-0.39, 0.29) is 11.9 Å². The van der Waals surface area contributed by atoms with Crippen LogP contribution in [0.5, 0.6) is 0 Å². The number of nitrogens with one attached hydrogen (secondary N) is 2. The summed E-state index contributed by atoms with van der Waals surface area (Å²) in [6, 6.07) is 22.0. The van der Waals surface area contributed by atoms with Crippen molar-refractivity contribution in [3.63, 3.8) is 0 Å². The number of rotatable bonds is 9. The predicted octanol–water partition coefficient (Wildman–Crippen LogP) is 3.53. The van der Waals surface area contributed by atoms with E-state index in [0.29, 0.717) is 18.6 Å². The van der Waals surface area contributed by atoms with Gasteiger partial charge in [0, 0.05) is 38.3 Å². The molecular weight excluding hydrogens is 408 g/mol. The Balaban J connectivity index is 1.28. The van der Waals surface area contributed by atoms with Crippen LogP contribution in [0.15, 0.2) is 66.7 Å². The lowest BCUT2D eigenvalue weighted by atomic mass is 10.0. The highest BCUT2D eigenvalue weighted by atomic mass is 16.2. The molecule has 0 aliphatic carbocycles. The summed E-state index contributed by atoms with van der Waals surface area (Å²) in [5.41, 5.74) is 2.59. The molecule has 2 heterocycles. The second kappa shape index (κ2) is 12.1.